The Balaban J connectivity index is 1.63. The number of aliphatic hydroxyl groups excluding tert-OH is 2. The van der Waals surface area contributed by atoms with E-state index in [-0.39, 0.29) is 49.0 Å². The summed E-state index contributed by atoms with van der Waals surface area (Å²) in [6.45, 7) is -0.337. The standard InChI is InChI=1S/C24H25NO7/c26-22(17-7-3-1-4-8-17)15-31-13-19-11-21(25(29)30)12-20(24(19)28)14-32-16-23(27)18-9-5-2-6-10-18/h1-12,22-23,26-28H,13-16H2/t22-,23-/m0/s1. The molecule has 0 fully saturated rings. The van der Waals surface area contributed by atoms with Gasteiger partial charge in [0.05, 0.1) is 31.4 Å². The Morgan fingerprint density at radius 1 is 0.781 bits per heavy atom. The Morgan fingerprint density at radius 3 is 1.56 bits per heavy atom. The van der Waals surface area contributed by atoms with Crippen molar-refractivity contribution in [3.05, 3.63) is 105 Å². The molecule has 0 aliphatic rings. The highest BCUT2D eigenvalue weighted by molar-refractivity contribution is 5.49. The van der Waals surface area contributed by atoms with Gasteiger partial charge in [-0.15, -0.1) is 0 Å². The van der Waals surface area contributed by atoms with Gasteiger partial charge < -0.3 is 24.8 Å². The van der Waals surface area contributed by atoms with Crippen LogP contribution >= 0.6 is 0 Å². The fourth-order valence-corrected chi connectivity index (χ4v) is 3.17. The van der Waals surface area contributed by atoms with Crippen molar-refractivity contribution in [2.75, 3.05) is 13.2 Å². The van der Waals surface area contributed by atoms with E-state index in [1.165, 1.54) is 12.1 Å². The molecule has 3 aromatic carbocycles. The van der Waals surface area contributed by atoms with E-state index in [4.69, 9.17) is 9.47 Å². The van der Waals surface area contributed by atoms with Crippen LogP contribution in [0.3, 0.4) is 0 Å². The molecule has 0 aliphatic carbocycles. The molecule has 0 aliphatic heterocycles. The fourth-order valence-electron chi connectivity index (χ4n) is 3.17. The van der Waals surface area contributed by atoms with Gasteiger partial charge in [-0.1, -0.05) is 60.7 Å². The van der Waals surface area contributed by atoms with Gasteiger partial charge in [0.2, 0.25) is 0 Å². The number of benzene rings is 3. The minimum Gasteiger partial charge on any atom is -0.507 e. The predicted molar refractivity (Wildman–Crippen MR) is 117 cm³/mol. The maximum atomic E-state index is 11.3. The molecule has 2 atom stereocenters. The molecule has 0 radical (unpaired) electrons. The average Bonchev–Trinajstić information content (AvgIpc) is 2.81. The van der Waals surface area contributed by atoms with Gasteiger partial charge >= 0.3 is 0 Å². The molecule has 3 aromatic rings. The normalized spacial score (nSPS) is 12.9. The van der Waals surface area contributed by atoms with Gasteiger partial charge in [0.15, 0.2) is 0 Å². The molecule has 8 heteroatoms. The Morgan fingerprint density at radius 2 is 1.19 bits per heavy atom. The van der Waals surface area contributed by atoms with Gasteiger partial charge in [-0.3, -0.25) is 10.1 Å². The first-order chi connectivity index (χ1) is 15.5. The highest BCUT2D eigenvalue weighted by Gasteiger charge is 2.18. The zero-order valence-electron chi connectivity index (χ0n) is 17.3. The summed E-state index contributed by atoms with van der Waals surface area (Å²) in [5.41, 5.74) is 1.57. The Labute approximate surface area is 185 Å². The lowest BCUT2D eigenvalue weighted by Crippen LogP contribution is -2.09. The van der Waals surface area contributed by atoms with Crippen molar-refractivity contribution in [3.63, 3.8) is 0 Å². The molecule has 0 amide bonds. The molecule has 3 N–H and O–H groups in total. The van der Waals surface area contributed by atoms with E-state index >= 15 is 0 Å². The van der Waals surface area contributed by atoms with E-state index in [1.807, 2.05) is 12.1 Å². The second-order valence-corrected chi connectivity index (χ2v) is 7.25. The van der Waals surface area contributed by atoms with Crippen molar-refractivity contribution in [2.24, 2.45) is 0 Å². The Bertz CT molecular complexity index is 939. The lowest BCUT2D eigenvalue weighted by atomic mass is 10.1. The number of rotatable bonds is 11. The number of nitro benzene ring substituents is 1. The van der Waals surface area contributed by atoms with Crippen LogP contribution in [0.4, 0.5) is 5.69 Å². The number of aliphatic hydroxyl groups is 2. The summed E-state index contributed by atoms with van der Waals surface area (Å²) in [5.74, 6) is -0.181. The topological polar surface area (TPSA) is 122 Å². The molecular formula is C24H25NO7. The summed E-state index contributed by atoms with van der Waals surface area (Å²) < 4.78 is 11.0. The molecule has 8 nitrogen and oxygen atoms in total. The summed E-state index contributed by atoms with van der Waals surface area (Å²) >= 11 is 0. The third-order valence-corrected chi connectivity index (χ3v) is 4.90. The Hall–Kier alpha value is -3.30. The number of phenolic OH excluding ortho intramolecular Hbond substituents is 1. The second kappa shape index (κ2) is 11.4. The van der Waals surface area contributed by atoms with Crippen LogP contribution in [-0.2, 0) is 22.7 Å². The predicted octanol–water partition coefficient (Wildman–Crippen LogP) is 3.80. The zero-order valence-corrected chi connectivity index (χ0v) is 17.3. The van der Waals surface area contributed by atoms with Gasteiger partial charge in [-0.05, 0) is 11.1 Å². The van der Waals surface area contributed by atoms with E-state index in [9.17, 15) is 25.4 Å². The fraction of sp³-hybridized carbons (Fsp3) is 0.250. The number of nitrogens with zero attached hydrogens (tertiary/aromatic N) is 1. The molecule has 0 bridgehead atoms. The van der Waals surface area contributed by atoms with Gasteiger partial charge in [0.25, 0.3) is 5.69 Å². The average molecular weight is 439 g/mol. The quantitative estimate of drug-likeness (QED) is 0.307. The van der Waals surface area contributed by atoms with Gasteiger partial charge in [0.1, 0.15) is 18.0 Å². The smallest absolute Gasteiger partial charge is 0.270 e. The van der Waals surface area contributed by atoms with Gasteiger partial charge in [0, 0.05) is 23.3 Å². The maximum absolute atomic E-state index is 11.3. The molecular weight excluding hydrogens is 414 g/mol. The van der Waals surface area contributed by atoms with Crippen LogP contribution in [0.15, 0.2) is 72.8 Å². The molecule has 0 unspecified atom stereocenters. The monoisotopic (exact) mass is 439 g/mol. The summed E-state index contributed by atoms with van der Waals surface area (Å²) in [6, 6.07) is 20.4. The summed E-state index contributed by atoms with van der Waals surface area (Å²) in [6.07, 6.45) is -1.72. The van der Waals surface area contributed by atoms with Crippen molar-refractivity contribution in [3.8, 4) is 5.75 Å². The molecule has 0 spiro atoms. The second-order valence-electron chi connectivity index (χ2n) is 7.25. The molecule has 32 heavy (non-hydrogen) atoms. The molecule has 0 heterocycles. The van der Waals surface area contributed by atoms with Crippen LogP contribution in [0.5, 0.6) is 5.75 Å². The van der Waals surface area contributed by atoms with Crippen LogP contribution in [0.1, 0.15) is 34.5 Å². The molecule has 3 rings (SSSR count). The zero-order chi connectivity index (χ0) is 22.9. The first kappa shape index (κ1) is 23.4. The summed E-state index contributed by atoms with van der Waals surface area (Å²) in [7, 11) is 0. The number of hydrogen-bond donors (Lipinski definition) is 3. The van der Waals surface area contributed by atoms with Crippen molar-refractivity contribution in [2.45, 2.75) is 25.4 Å². The van der Waals surface area contributed by atoms with E-state index in [0.717, 1.165) is 0 Å². The van der Waals surface area contributed by atoms with Crippen LogP contribution in [-0.4, -0.2) is 33.5 Å². The van der Waals surface area contributed by atoms with Crippen LogP contribution in [0, 0.1) is 10.1 Å². The third kappa shape index (κ3) is 6.35. The SMILES string of the molecule is O=[N+]([O-])c1cc(COC[C@H](O)c2ccccc2)c(O)c(COC[C@H](O)c2ccccc2)c1. The molecule has 0 saturated carbocycles. The van der Waals surface area contributed by atoms with E-state index in [1.54, 1.807) is 48.5 Å². The van der Waals surface area contributed by atoms with Crippen molar-refractivity contribution < 1.29 is 29.7 Å². The number of non-ortho nitro benzene ring substituents is 1. The van der Waals surface area contributed by atoms with Crippen molar-refractivity contribution >= 4 is 5.69 Å². The minimum atomic E-state index is -0.862. The number of aromatic hydroxyl groups is 1. The largest absolute Gasteiger partial charge is 0.507 e. The van der Waals surface area contributed by atoms with Crippen molar-refractivity contribution in [1.29, 1.82) is 0 Å². The summed E-state index contributed by atoms with van der Waals surface area (Å²) in [4.78, 5) is 10.7. The van der Waals surface area contributed by atoms with Gasteiger partial charge in [-0.2, -0.15) is 0 Å². The lowest BCUT2D eigenvalue weighted by molar-refractivity contribution is -0.385. The molecule has 0 aromatic heterocycles. The third-order valence-electron chi connectivity index (χ3n) is 4.90. The number of ether oxygens (including phenoxy) is 2. The lowest BCUT2D eigenvalue weighted by Gasteiger charge is -2.15. The number of phenols is 1. The number of nitro groups is 1. The maximum Gasteiger partial charge on any atom is 0.270 e. The molecule has 168 valence electrons. The Kier molecular flexibility index (Phi) is 8.29. The highest BCUT2D eigenvalue weighted by Crippen LogP contribution is 2.30. The van der Waals surface area contributed by atoms with Crippen molar-refractivity contribution in [1.82, 2.24) is 0 Å². The van der Waals surface area contributed by atoms with E-state index < -0.39 is 17.1 Å². The first-order valence-corrected chi connectivity index (χ1v) is 10.1. The van der Waals surface area contributed by atoms with Crippen LogP contribution in [0.2, 0.25) is 0 Å². The first-order valence-electron chi connectivity index (χ1n) is 10.1. The van der Waals surface area contributed by atoms with Gasteiger partial charge in [-0.25, -0.2) is 0 Å². The highest BCUT2D eigenvalue weighted by atomic mass is 16.6. The van der Waals surface area contributed by atoms with E-state index in [0.29, 0.717) is 11.1 Å². The van der Waals surface area contributed by atoms with Crippen LogP contribution < -0.4 is 0 Å². The summed E-state index contributed by atoms with van der Waals surface area (Å²) in [5, 5.41) is 42.2. The molecule has 0 saturated heterocycles. The minimum absolute atomic E-state index is 0.0404. The number of hydrogen-bond acceptors (Lipinski definition) is 7. The van der Waals surface area contributed by atoms with Crippen LogP contribution in [0.25, 0.3) is 0 Å². The van der Waals surface area contributed by atoms with E-state index in [2.05, 4.69) is 0 Å².